The fraction of sp³-hybridized carbons (Fsp3) is 0.294. The number of nitrogens with one attached hydrogen (secondary N) is 2. The van der Waals surface area contributed by atoms with Crippen molar-refractivity contribution in [1.82, 2.24) is 20.5 Å². The summed E-state index contributed by atoms with van der Waals surface area (Å²) in [6.07, 6.45) is 2.22. The highest BCUT2D eigenvalue weighted by atomic mass is 16.3. The second-order valence-corrected chi connectivity index (χ2v) is 5.88. The molecule has 1 aromatic carbocycles. The topological polar surface area (TPSA) is 73.8 Å². The van der Waals surface area contributed by atoms with Crippen molar-refractivity contribution in [1.29, 1.82) is 0 Å². The molecule has 3 aromatic rings. The number of hydrogen-bond acceptors (Lipinski definition) is 4. The van der Waals surface area contributed by atoms with Crippen LogP contribution in [0.3, 0.4) is 0 Å². The summed E-state index contributed by atoms with van der Waals surface area (Å²) in [5, 5.41) is 23.0. The monoisotopic (exact) mass is 294 g/mol. The van der Waals surface area contributed by atoms with Gasteiger partial charge in [-0.1, -0.05) is 12.1 Å². The van der Waals surface area contributed by atoms with E-state index in [0.29, 0.717) is 17.3 Å². The SMILES string of the molecule is Cc1c(CC2CCN2)[nH]c2nnc(-c3ccccc3O)cc12. The van der Waals surface area contributed by atoms with E-state index in [-0.39, 0.29) is 5.75 Å². The lowest BCUT2D eigenvalue weighted by Crippen LogP contribution is -2.44. The van der Waals surface area contributed by atoms with E-state index in [0.717, 1.165) is 24.0 Å². The Kier molecular flexibility index (Phi) is 3.08. The van der Waals surface area contributed by atoms with Gasteiger partial charge in [-0.2, -0.15) is 0 Å². The molecule has 5 nitrogen and oxygen atoms in total. The molecule has 1 aliphatic heterocycles. The molecule has 1 saturated heterocycles. The van der Waals surface area contributed by atoms with Gasteiger partial charge < -0.3 is 15.4 Å². The predicted molar refractivity (Wildman–Crippen MR) is 85.8 cm³/mol. The van der Waals surface area contributed by atoms with Crippen molar-refractivity contribution in [3.8, 4) is 17.0 Å². The predicted octanol–water partition coefficient (Wildman–Crippen LogP) is 2.54. The first kappa shape index (κ1) is 13.3. The highest BCUT2D eigenvalue weighted by molar-refractivity contribution is 5.85. The minimum absolute atomic E-state index is 0.225. The Morgan fingerprint density at radius 2 is 2.09 bits per heavy atom. The third kappa shape index (κ3) is 2.14. The summed E-state index contributed by atoms with van der Waals surface area (Å²) >= 11 is 0. The Balaban J connectivity index is 1.77. The maximum atomic E-state index is 9.99. The Labute approximate surface area is 128 Å². The molecular weight excluding hydrogens is 276 g/mol. The fourth-order valence-electron chi connectivity index (χ4n) is 2.96. The maximum absolute atomic E-state index is 9.99. The molecular formula is C17H18N4O. The standard InChI is InChI=1S/C17H18N4O/c1-10-13-9-15(12-4-2-3-5-16(12)22)20-21-17(13)19-14(10)8-11-6-7-18-11/h2-5,9,11,18,22H,6-8H2,1H3,(H,19,21). The van der Waals surface area contributed by atoms with E-state index in [9.17, 15) is 5.11 Å². The van der Waals surface area contributed by atoms with Crippen LogP contribution >= 0.6 is 0 Å². The summed E-state index contributed by atoms with van der Waals surface area (Å²) in [4.78, 5) is 3.38. The van der Waals surface area contributed by atoms with Gasteiger partial charge in [-0.25, -0.2) is 0 Å². The molecule has 0 amide bonds. The van der Waals surface area contributed by atoms with E-state index in [1.807, 2.05) is 18.2 Å². The number of hydrogen-bond donors (Lipinski definition) is 3. The van der Waals surface area contributed by atoms with Crippen molar-refractivity contribution in [2.45, 2.75) is 25.8 Å². The van der Waals surface area contributed by atoms with E-state index >= 15 is 0 Å². The molecule has 1 atom stereocenters. The Bertz CT molecular complexity index is 836. The summed E-state index contributed by atoms with van der Waals surface area (Å²) in [5.41, 5.74) is 4.65. The number of nitrogens with zero attached hydrogens (tertiary/aromatic N) is 2. The molecule has 0 saturated carbocycles. The van der Waals surface area contributed by atoms with Gasteiger partial charge in [0.25, 0.3) is 0 Å². The van der Waals surface area contributed by atoms with E-state index < -0.39 is 0 Å². The molecule has 4 rings (SSSR count). The van der Waals surface area contributed by atoms with Gasteiger partial charge >= 0.3 is 0 Å². The van der Waals surface area contributed by atoms with Crippen LogP contribution in [0.4, 0.5) is 0 Å². The largest absolute Gasteiger partial charge is 0.507 e. The van der Waals surface area contributed by atoms with E-state index in [1.165, 1.54) is 17.7 Å². The average Bonchev–Trinajstić information content (AvgIpc) is 2.80. The third-order valence-corrected chi connectivity index (χ3v) is 4.48. The number of aromatic hydroxyl groups is 1. The van der Waals surface area contributed by atoms with Crippen molar-refractivity contribution in [3.05, 3.63) is 41.6 Å². The number of para-hydroxylation sites is 1. The van der Waals surface area contributed by atoms with Crippen LogP contribution in [0.25, 0.3) is 22.3 Å². The van der Waals surface area contributed by atoms with Crippen LogP contribution in [0.2, 0.25) is 0 Å². The molecule has 0 aliphatic carbocycles. The van der Waals surface area contributed by atoms with Gasteiger partial charge in [-0.3, -0.25) is 0 Å². The highest BCUT2D eigenvalue weighted by Gasteiger charge is 2.20. The second-order valence-electron chi connectivity index (χ2n) is 5.88. The molecule has 0 spiro atoms. The molecule has 2 aromatic heterocycles. The number of phenols is 1. The molecule has 3 N–H and O–H groups in total. The molecule has 22 heavy (non-hydrogen) atoms. The smallest absolute Gasteiger partial charge is 0.160 e. The molecule has 1 unspecified atom stereocenters. The van der Waals surface area contributed by atoms with E-state index in [2.05, 4.69) is 27.4 Å². The Morgan fingerprint density at radius 3 is 2.82 bits per heavy atom. The van der Waals surface area contributed by atoms with Crippen LogP contribution < -0.4 is 5.32 Å². The molecule has 0 bridgehead atoms. The number of aromatic amines is 1. The van der Waals surface area contributed by atoms with Crippen LogP contribution in [0.5, 0.6) is 5.75 Å². The van der Waals surface area contributed by atoms with Gasteiger partial charge in [0.05, 0.1) is 5.69 Å². The lowest BCUT2D eigenvalue weighted by atomic mass is 9.99. The number of rotatable bonds is 3. The molecule has 0 radical (unpaired) electrons. The molecule has 1 fully saturated rings. The molecule has 1 aliphatic rings. The van der Waals surface area contributed by atoms with Crippen molar-refractivity contribution < 1.29 is 5.11 Å². The zero-order valence-corrected chi connectivity index (χ0v) is 12.4. The third-order valence-electron chi connectivity index (χ3n) is 4.48. The number of H-pyrrole nitrogens is 1. The summed E-state index contributed by atoms with van der Waals surface area (Å²) in [5.74, 6) is 0.225. The van der Waals surface area contributed by atoms with Crippen LogP contribution in [-0.4, -0.2) is 32.9 Å². The van der Waals surface area contributed by atoms with Gasteiger partial charge in [0, 0.05) is 29.1 Å². The van der Waals surface area contributed by atoms with Gasteiger partial charge in [-0.15, -0.1) is 10.2 Å². The first-order valence-electron chi connectivity index (χ1n) is 7.59. The minimum atomic E-state index is 0.225. The minimum Gasteiger partial charge on any atom is -0.507 e. The normalized spacial score (nSPS) is 17.6. The quantitative estimate of drug-likeness (QED) is 0.694. The summed E-state index contributed by atoms with van der Waals surface area (Å²) < 4.78 is 0. The maximum Gasteiger partial charge on any atom is 0.160 e. The van der Waals surface area contributed by atoms with Crippen molar-refractivity contribution in [2.75, 3.05) is 6.54 Å². The van der Waals surface area contributed by atoms with Crippen molar-refractivity contribution in [2.24, 2.45) is 0 Å². The summed E-state index contributed by atoms with van der Waals surface area (Å²) in [6, 6.07) is 9.78. The number of aromatic nitrogens is 3. The van der Waals surface area contributed by atoms with Crippen LogP contribution in [0, 0.1) is 6.92 Å². The summed E-state index contributed by atoms with van der Waals surface area (Å²) in [6.45, 7) is 3.23. The van der Waals surface area contributed by atoms with Crippen LogP contribution in [0.15, 0.2) is 30.3 Å². The Morgan fingerprint density at radius 1 is 1.27 bits per heavy atom. The number of benzene rings is 1. The average molecular weight is 294 g/mol. The van der Waals surface area contributed by atoms with Crippen molar-refractivity contribution in [3.63, 3.8) is 0 Å². The molecule has 5 heteroatoms. The van der Waals surface area contributed by atoms with Crippen LogP contribution in [0.1, 0.15) is 17.7 Å². The number of fused-ring (bicyclic) bond motifs is 1. The number of phenolic OH excluding ortho intramolecular Hbond substituents is 1. The number of aryl methyl sites for hydroxylation is 1. The van der Waals surface area contributed by atoms with E-state index in [4.69, 9.17) is 0 Å². The lowest BCUT2D eigenvalue weighted by Gasteiger charge is -2.27. The van der Waals surface area contributed by atoms with Gasteiger partial charge in [0.1, 0.15) is 5.75 Å². The lowest BCUT2D eigenvalue weighted by molar-refractivity contribution is 0.367. The van der Waals surface area contributed by atoms with Gasteiger partial charge in [0.2, 0.25) is 0 Å². The van der Waals surface area contributed by atoms with E-state index in [1.54, 1.807) is 12.1 Å². The zero-order chi connectivity index (χ0) is 15.1. The fourth-order valence-corrected chi connectivity index (χ4v) is 2.96. The first-order valence-corrected chi connectivity index (χ1v) is 7.59. The summed E-state index contributed by atoms with van der Waals surface area (Å²) in [7, 11) is 0. The Hall–Kier alpha value is -2.40. The van der Waals surface area contributed by atoms with Crippen LogP contribution in [-0.2, 0) is 6.42 Å². The van der Waals surface area contributed by atoms with Gasteiger partial charge in [0.15, 0.2) is 5.65 Å². The first-order chi connectivity index (χ1) is 10.7. The second kappa shape index (κ2) is 5.10. The van der Waals surface area contributed by atoms with Crippen molar-refractivity contribution >= 4 is 11.0 Å². The highest BCUT2D eigenvalue weighted by Crippen LogP contribution is 2.30. The molecule has 112 valence electrons. The zero-order valence-electron chi connectivity index (χ0n) is 12.4. The molecule has 3 heterocycles. The van der Waals surface area contributed by atoms with Gasteiger partial charge in [-0.05, 0) is 43.7 Å².